The first kappa shape index (κ1) is 28.7. The van der Waals surface area contributed by atoms with Gasteiger partial charge in [0.15, 0.2) is 11.6 Å². The molecular formula is C28H27BrF3N5O4. The zero-order valence-corrected chi connectivity index (χ0v) is 23.9. The van der Waals surface area contributed by atoms with Crippen molar-refractivity contribution in [1.82, 2.24) is 14.8 Å². The molecular weight excluding hydrogens is 607 g/mol. The Balaban J connectivity index is 1.50. The van der Waals surface area contributed by atoms with Gasteiger partial charge < -0.3 is 25.8 Å². The molecule has 41 heavy (non-hydrogen) atoms. The van der Waals surface area contributed by atoms with Crippen LogP contribution >= 0.6 is 15.9 Å². The molecule has 2 aromatic carbocycles. The summed E-state index contributed by atoms with van der Waals surface area (Å²) in [7, 11) is 1.35. The van der Waals surface area contributed by atoms with Gasteiger partial charge in [0.25, 0.3) is 5.91 Å². The average Bonchev–Trinajstić information content (AvgIpc) is 3.60. The largest absolute Gasteiger partial charge is 0.368 e. The fourth-order valence-corrected chi connectivity index (χ4v) is 6.21. The van der Waals surface area contributed by atoms with E-state index in [2.05, 4.69) is 26.2 Å². The highest BCUT2D eigenvalue weighted by molar-refractivity contribution is 9.10. The Hall–Kier alpha value is -3.87. The minimum absolute atomic E-state index is 0.0350. The van der Waals surface area contributed by atoms with Crippen molar-refractivity contribution in [3.05, 3.63) is 63.5 Å². The Kier molecular flexibility index (Phi) is 7.13. The molecule has 0 bridgehead atoms. The number of hydrogen-bond donors (Lipinski definition) is 3. The first-order valence-electron chi connectivity index (χ1n) is 12.9. The monoisotopic (exact) mass is 633 g/mol. The van der Waals surface area contributed by atoms with E-state index in [0.717, 1.165) is 15.4 Å². The number of nitrogens with zero attached hydrogens (tertiary/aromatic N) is 2. The van der Waals surface area contributed by atoms with Gasteiger partial charge in [0.05, 0.1) is 10.9 Å². The summed E-state index contributed by atoms with van der Waals surface area (Å²) in [5.74, 6) is -6.45. The van der Waals surface area contributed by atoms with Gasteiger partial charge in [-0.25, -0.2) is 13.2 Å². The molecule has 4 N–H and O–H groups in total. The lowest BCUT2D eigenvalue weighted by Crippen LogP contribution is -2.54. The van der Waals surface area contributed by atoms with Crippen molar-refractivity contribution in [3.8, 4) is 0 Å². The zero-order chi connectivity index (χ0) is 30.0. The molecule has 13 heteroatoms. The lowest BCUT2D eigenvalue weighted by atomic mass is 9.79. The second-order valence-corrected chi connectivity index (χ2v) is 11.9. The molecule has 9 nitrogen and oxygen atoms in total. The van der Waals surface area contributed by atoms with Crippen LogP contribution < -0.4 is 11.1 Å². The number of anilines is 1. The van der Waals surface area contributed by atoms with Crippen LogP contribution in [-0.2, 0) is 19.8 Å². The Morgan fingerprint density at radius 1 is 1.17 bits per heavy atom. The van der Waals surface area contributed by atoms with Crippen LogP contribution in [0.4, 0.5) is 18.9 Å². The summed E-state index contributed by atoms with van der Waals surface area (Å²) in [5, 5.41) is 2.50. The van der Waals surface area contributed by atoms with Gasteiger partial charge in [-0.2, -0.15) is 0 Å². The SMILES string of the molecule is CC(C)CC(C(=O)N1C[C@]2(C[C@H]1C(N)=O)C(=O)Nc1cc(Br)ccc12)N(C)C(=O)c1cc2c(F)cc(F)c(F)c2[nH]1. The van der Waals surface area contributed by atoms with E-state index in [9.17, 15) is 32.3 Å². The minimum Gasteiger partial charge on any atom is -0.368 e. The minimum atomic E-state index is -1.41. The quantitative estimate of drug-likeness (QED) is 0.357. The van der Waals surface area contributed by atoms with Gasteiger partial charge in [-0.1, -0.05) is 35.8 Å². The maximum atomic E-state index is 14.3. The fourth-order valence-electron chi connectivity index (χ4n) is 5.85. The summed E-state index contributed by atoms with van der Waals surface area (Å²) in [4.78, 5) is 58.3. The molecule has 0 radical (unpaired) electrons. The first-order valence-corrected chi connectivity index (χ1v) is 13.7. The Morgan fingerprint density at radius 2 is 1.88 bits per heavy atom. The number of likely N-dealkylation sites (N-methyl/N-ethyl adjacent to an activating group) is 1. The van der Waals surface area contributed by atoms with E-state index in [1.54, 1.807) is 18.2 Å². The third kappa shape index (κ3) is 4.65. The van der Waals surface area contributed by atoms with Crippen molar-refractivity contribution in [2.24, 2.45) is 11.7 Å². The Morgan fingerprint density at radius 3 is 2.54 bits per heavy atom. The van der Waals surface area contributed by atoms with E-state index in [4.69, 9.17) is 5.73 Å². The third-order valence-electron chi connectivity index (χ3n) is 7.91. The second-order valence-electron chi connectivity index (χ2n) is 11.0. The van der Waals surface area contributed by atoms with Gasteiger partial charge >= 0.3 is 0 Å². The predicted octanol–water partition coefficient (Wildman–Crippen LogP) is 3.81. The molecule has 3 atom stereocenters. The topological polar surface area (TPSA) is 129 Å². The number of fused-ring (bicyclic) bond motifs is 3. The number of primary amides is 1. The van der Waals surface area contributed by atoms with Crippen molar-refractivity contribution >= 4 is 56.1 Å². The van der Waals surface area contributed by atoms with Crippen molar-refractivity contribution in [1.29, 1.82) is 0 Å². The molecule has 1 spiro atoms. The van der Waals surface area contributed by atoms with E-state index in [-0.39, 0.29) is 42.3 Å². The Bertz CT molecular complexity index is 1630. The van der Waals surface area contributed by atoms with E-state index >= 15 is 0 Å². The molecule has 1 fully saturated rings. The van der Waals surface area contributed by atoms with Gasteiger partial charge in [0.2, 0.25) is 17.7 Å². The number of amides is 4. The molecule has 1 aromatic heterocycles. The van der Waals surface area contributed by atoms with E-state index in [1.165, 1.54) is 11.9 Å². The van der Waals surface area contributed by atoms with Crippen LogP contribution in [0.15, 0.2) is 34.8 Å². The number of halogens is 4. The van der Waals surface area contributed by atoms with Crippen LogP contribution in [0.5, 0.6) is 0 Å². The maximum absolute atomic E-state index is 14.3. The molecule has 216 valence electrons. The number of carbonyl (C=O) groups excluding carboxylic acids is 4. The normalized spacial score (nSPS) is 20.5. The number of H-pyrrole nitrogens is 1. The summed E-state index contributed by atoms with van der Waals surface area (Å²) in [6.45, 7) is 3.54. The van der Waals surface area contributed by atoms with Crippen molar-refractivity contribution in [2.45, 2.75) is 44.2 Å². The van der Waals surface area contributed by atoms with Crippen molar-refractivity contribution in [2.75, 3.05) is 18.9 Å². The van der Waals surface area contributed by atoms with Gasteiger partial charge in [0, 0.05) is 35.2 Å². The maximum Gasteiger partial charge on any atom is 0.270 e. The number of nitrogens with two attached hydrogens (primary N) is 1. The number of likely N-dealkylation sites (tertiary alicyclic amines) is 1. The van der Waals surface area contributed by atoms with E-state index < -0.39 is 58.2 Å². The molecule has 0 saturated carbocycles. The van der Waals surface area contributed by atoms with Crippen LogP contribution in [0.3, 0.4) is 0 Å². The van der Waals surface area contributed by atoms with Crippen LogP contribution in [0.2, 0.25) is 0 Å². The second kappa shape index (κ2) is 10.2. The summed E-state index contributed by atoms with van der Waals surface area (Å²) in [5.41, 5.74) is 4.92. The molecule has 4 amide bonds. The van der Waals surface area contributed by atoms with Crippen molar-refractivity contribution < 1.29 is 32.3 Å². The molecule has 1 saturated heterocycles. The highest BCUT2D eigenvalue weighted by Gasteiger charge is 2.58. The number of nitrogens with one attached hydrogen (secondary N) is 2. The summed E-state index contributed by atoms with van der Waals surface area (Å²) in [6, 6.07) is 4.44. The summed E-state index contributed by atoms with van der Waals surface area (Å²) in [6.07, 6.45) is 0.135. The number of aromatic amines is 1. The standard InChI is InChI=1S/C28H27BrF3N5O4/c1-12(2)6-20(36(3)25(39)19-8-14-16(30)9-17(31)22(32)23(14)34-19)26(40)37-11-28(10-21(37)24(33)38)15-5-4-13(29)7-18(15)35-27(28)41/h4-5,7-9,12,20-21,34H,6,10-11H2,1-3H3,(H2,33,38)(H,35,41)/t20?,21-,28-/m0/s1. The number of carbonyl (C=O) groups is 4. The van der Waals surface area contributed by atoms with E-state index in [0.29, 0.717) is 17.3 Å². The molecule has 3 heterocycles. The van der Waals surface area contributed by atoms with Crippen molar-refractivity contribution in [3.63, 3.8) is 0 Å². The van der Waals surface area contributed by atoms with Gasteiger partial charge in [-0.15, -0.1) is 0 Å². The van der Waals surface area contributed by atoms with Crippen LogP contribution in [0, 0.1) is 23.4 Å². The molecule has 0 aliphatic carbocycles. The van der Waals surface area contributed by atoms with Gasteiger partial charge in [0.1, 0.15) is 23.6 Å². The molecule has 1 unspecified atom stereocenters. The summed E-state index contributed by atoms with van der Waals surface area (Å²) >= 11 is 3.37. The number of rotatable bonds is 6. The average molecular weight is 634 g/mol. The number of hydrogen-bond acceptors (Lipinski definition) is 4. The number of aromatic nitrogens is 1. The predicted molar refractivity (Wildman–Crippen MR) is 147 cm³/mol. The van der Waals surface area contributed by atoms with Crippen LogP contribution in [-0.4, -0.2) is 64.1 Å². The summed E-state index contributed by atoms with van der Waals surface area (Å²) < 4.78 is 43.1. The Labute approximate surface area is 241 Å². The highest BCUT2D eigenvalue weighted by Crippen LogP contribution is 2.47. The lowest BCUT2D eigenvalue weighted by Gasteiger charge is -2.33. The molecule has 5 rings (SSSR count). The van der Waals surface area contributed by atoms with Crippen LogP contribution in [0.25, 0.3) is 10.9 Å². The van der Waals surface area contributed by atoms with Crippen LogP contribution in [0.1, 0.15) is 42.7 Å². The lowest BCUT2D eigenvalue weighted by molar-refractivity contribution is -0.141. The third-order valence-corrected chi connectivity index (χ3v) is 8.40. The smallest absolute Gasteiger partial charge is 0.270 e. The molecule has 3 aromatic rings. The number of benzene rings is 2. The van der Waals surface area contributed by atoms with Gasteiger partial charge in [-0.3, -0.25) is 19.2 Å². The first-order chi connectivity index (χ1) is 19.2. The van der Waals surface area contributed by atoms with E-state index in [1.807, 2.05) is 13.8 Å². The molecule has 2 aliphatic rings. The molecule has 2 aliphatic heterocycles. The highest BCUT2D eigenvalue weighted by atomic mass is 79.9. The van der Waals surface area contributed by atoms with Gasteiger partial charge in [-0.05, 0) is 42.5 Å². The fraction of sp³-hybridized carbons (Fsp3) is 0.357. The zero-order valence-electron chi connectivity index (χ0n) is 22.4.